The van der Waals surface area contributed by atoms with Crippen LogP contribution >= 0.6 is 0 Å². The van der Waals surface area contributed by atoms with Gasteiger partial charge < -0.3 is 15.2 Å². The maximum Gasteiger partial charge on any atom is 0.408 e. The van der Waals surface area contributed by atoms with Gasteiger partial charge in [0.15, 0.2) is 0 Å². The van der Waals surface area contributed by atoms with Crippen LogP contribution in [0.25, 0.3) is 0 Å². The maximum atomic E-state index is 11.7. The number of ether oxygens (including phenoxy) is 1. The molecule has 0 aliphatic rings. The Labute approximate surface area is 173 Å². The van der Waals surface area contributed by atoms with E-state index >= 15 is 0 Å². The van der Waals surface area contributed by atoms with Gasteiger partial charge in [-0.15, -0.1) is 0 Å². The molecule has 0 fully saturated rings. The zero-order valence-electron chi connectivity index (χ0n) is 18.9. The number of unbranched alkanes of at least 4 members (excludes halogenated alkanes) is 13. The van der Waals surface area contributed by atoms with Gasteiger partial charge in [0, 0.05) is 0 Å². The number of amides is 1. The molecule has 0 saturated carbocycles. The molecule has 0 aromatic heterocycles. The summed E-state index contributed by atoms with van der Waals surface area (Å²) >= 11 is 0. The fourth-order valence-corrected chi connectivity index (χ4v) is 3.25. The molecule has 0 bridgehead atoms. The second-order valence-electron chi connectivity index (χ2n) is 8.92. The van der Waals surface area contributed by atoms with Crippen molar-refractivity contribution >= 4 is 12.1 Å². The van der Waals surface area contributed by atoms with Crippen molar-refractivity contribution in [3.05, 3.63) is 0 Å². The van der Waals surface area contributed by atoms with Crippen LogP contribution in [0, 0.1) is 0 Å². The van der Waals surface area contributed by atoms with Crippen molar-refractivity contribution < 1.29 is 19.4 Å². The molecule has 0 aromatic rings. The number of hydrogen-bond acceptors (Lipinski definition) is 3. The van der Waals surface area contributed by atoms with E-state index in [9.17, 15) is 14.7 Å². The summed E-state index contributed by atoms with van der Waals surface area (Å²) in [6.07, 6.45) is 17.5. The van der Waals surface area contributed by atoms with E-state index in [2.05, 4.69) is 12.2 Å². The van der Waals surface area contributed by atoms with E-state index in [1.165, 1.54) is 70.6 Å². The van der Waals surface area contributed by atoms with Gasteiger partial charge in [0.2, 0.25) is 0 Å². The van der Waals surface area contributed by atoms with Crippen LogP contribution in [-0.2, 0) is 9.53 Å². The lowest BCUT2D eigenvalue weighted by Crippen LogP contribution is -2.43. The van der Waals surface area contributed by atoms with Gasteiger partial charge in [-0.05, 0) is 27.2 Å². The van der Waals surface area contributed by atoms with Gasteiger partial charge in [-0.25, -0.2) is 9.59 Å². The second kappa shape index (κ2) is 16.7. The quantitative estimate of drug-likeness (QED) is 0.263. The number of carboxylic acids is 1. The van der Waals surface area contributed by atoms with Crippen molar-refractivity contribution in [3.8, 4) is 0 Å². The number of nitrogens with one attached hydrogen (secondary N) is 1. The lowest BCUT2D eigenvalue weighted by atomic mass is 10.0. The Morgan fingerprint density at radius 3 is 1.54 bits per heavy atom. The summed E-state index contributed by atoms with van der Waals surface area (Å²) in [5.74, 6) is -0.999. The van der Waals surface area contributed by atoms with Crippen LogP contribution in [0.15, 0.2) is 0 Å². The topological polar surface area (TPSA) is 75.6 Å². The minimum atomic E-state index is -0.999. The standard InChI is InChI=1S/C23H45NO4/c1-5-6-7-8-9-10-11-12-13-14-15-16-17-18-19-20(21(25)26)24-22(27)28-23(2,3)4/h20H,5-19H2,1-4H3,(H,24,27)(H,25,26)/t20-/m1/s1. The third-order valence-electron chi connectivity index (χ3n) is 4.84. The molecular formula is C23H45NO4. The van der Waals surface area contributed by atoms with E-state index in [-0.39, 0.29) is 0 Å². The van der Waals surface area contributed by atoms with E-state index in [1.54, 1.807) is 20.8 Å². The molecule has 28 heavy (non-hydrogen) atoms. The fraction of sp³-hybridized carbons (Fsp3) is 0.913. The largest absolute Gasteiger partial charge is 0.480 e. The summed E-state index contributed by atoms with van der Waals surface area (Å²) in [6, 6.07) is -0.868. The van der Waals surface area contributed by atoms with E-state index in [0.29, 0.717) is 6.42 Å². The molecule has 1 amide bonds. The number of alkyl carbamates (subject to hydrolysis) is 1. The van der Waals surface area contributed by atoms with Crippen molar-refractivity contribution in [1.29, 1.82) is 0 Å². The molecule has 166 valence electrons. The molecule has 5 nitrogen and oxygen atoms in total. The van der Waals surface area contributed by atoms with Crippen molar-refractivity contribution in [3.63, 3.8) is 0 Å². The summed E-state index contributed by atoms with van der Waals surface area (Å²) < 4.78 is 5.13. The Hall–Kier alpha value is -1.26. The SMILES string of the molecule is CCCCCCCCCCCCCCCC[C@@H](NC(=O)OC(C)(C)C)C(=O)O. The highest BCUT2D eigenvalue weighted by atomic mass is 16.6. The Bertz CT molecular complexity index is 404. The zero-order chi connectivity index (χ0) is 21.3. The van der Waals surface area contributed by atoms with Crippen LogP contribution in [-0.4, -0.2) is 28.8 Å². The fourth-order valence-electron chi connectivity index (χ4n) is 3.25. The van der Waals surface area contributed by atoms with Crippen LogP contribution in [0.2, 0.25) is 0 Å². The zero-order valence-corrected chi connectivity index (χ0v) is 18.9. The molecule has 0 aliphatic carbocycles. The van der Waals surface area contributed by atoms with Crippen molar-refractivity contribution in [2.45, 2.75) is 136 Å². The molecule has 0 aliphatic heterocycles. The van der Waals surface area contributed by atoms with Gasteiger partial charge in [0.25, 0.3) is 0 Å². The maximum absolute atomic E-state index is 11.7. The molecule has 0 spiro atoms. The predicted molar refractivity (Wildman–Crippen MR) is 116 cm³/mol. The molecule has 2 N–H and O–H groups in total. The van der Waals surface area contributed by atoms with Gasteiger partial charge in [-0.2, -0.15) is 0 Å². The minimum Gasteiger partial charge on any atom is -0.480 e. The summed E-state index contributed by atoms with van der Waals surface area (Å²) in [5, 5.41) is 11.7. The molecule has 0 heterocycles. The van der Waals surface area contributed by atoms with Crippen molar-refractivity contribution in [2.24, 2.45) is 0 Å². The van der Waals surface area contributed by atoms with Gasteiger partial charge >= 0.3 is 12.1 Å². The van der Waals surface area contributed by atoms with Gasteiger partial charge in [0.05, 0.1) is 0 Å². The normalized spacial score (nSPS) is 12.6. The van der Waals surface area contributed by atoms with E-state index in [4.69, 9.17) is 4.74 Å². The van der Waals surface area contributed by atoms with Gasteiger partial charge in [0.1, 0.15) is 11.6 Å². The van der Waals surface area contributed by atoms with E-state index in [0.717, 1.165) is 19.3 Å². The molecule has 5 heteroatoms. The van der Waals surface area contributed by atoms with Crippen LogP contribution in [0.4, 0.5) is 4.79 Å². The molecule has 1 atom stereocenters. The minimum absolute atomic E-state index is 0.451. The average Bonchev–Trinajstić information content (AvgIpc) is 2.59. The summed E-state index contributed by atoms with van der Waals surface area (Å²) in [5.41, 5.74) is -0.623. The van der Waals surface area contributed by atoms with Crippen LogP contribution in [0.5, 0.6) is 0 Å². The number of rotatable bonds is 17. The predicted octanol–water partition coefficient (Wildman–Crippen LogP) is 6.84. The first-order valence-corrected chi connectivity index (χ1v) is 11.5. The number of carbonyl (C=O) groups is 2. The van der Waals surface area contributed by atoms with E-state index < -0.39 is 23.7 Å². The number of carbonyl (C=O) groups excluding carboxylic acids is 1. The number of carboxylic acid groups (broad SMARTS) is 1. The second-order valence-corrected chi connectivity index (χ2v) is 8.92. The summed E-state index contributed by atoms with van der Waals surface area (Å²) in [6.45, 7) is 7.54. The van der Waals surface area contributed by atoms with E-state index in [1.807, 2.05) is 0 Å². The molecular weight excluding hydrogens is 354 g/mol. The lowest BCUT2D eigenvalue weighted by molar-refractivity contribution is -0.139. The smallest absolute Gasteiger partial charge is 0.408 e. The Kier molecular flexibility index (Phi) is 15.9. The first-order valence-electron chi connectivity index (χ1n) is 11.5. The highest BCUT2D eigenvalue weighted by Gasteiger charge is 2.23. The molecule has 0 rings (SSSR count). The van der Waals surface area contributed by atoms with Crippen LogP contribution in [0.3, 0.4) is 0 Å². The van der Waals surface area contributed by atoms with Crippen LogP contribution in [0.1, 0.15) is 124 Å². The third kappa shape index (κ3) is 18.1. The monoisotopic (exact) mass is 399 g/mol. The third-order valence-corrected chi connectivity index (χ3v) is 4.84. The lowest BCUT2D eigenvalue weighted by Gasteiger charge is -2.22. The highest BCUT2D eigenvalue weighted by Crippen LogP contribution is 2.14. The molecule has 0 aromatic carbocycles. The summed E-state index contributed by atoms with van der Waals surface area (Å²) in [7, 11) is 0. The first-order chi connectivity index (χ1) is 13.3. The van der Waals surface area contributed by atoms with Gasteiger partial charge in [-0.3, -0.25) is 0 Å². The Morgan fingerprint density at radius 1 is 0.786 bits per heavy atom. The number of hydrogen-bond donors (Lipinski definition) is 2. The van der Waals surface area contributed by atoms with Crippen LogP contribution < -0.4 is 5.32 Å². The Morgan fingerprint density at radius 2 is 1.18 bits per heavy atom. The molecule has 0 saturated heterocycles. The number of aliphatic carboxylic acids is 1. The summed E-state index contributed by atoms with van der Waals surface area (Å²) in [4.78, 5) is 23.0. The van der Waals surface area contributed by atoms with Crippen molar-refractivity contribution in [2.75, 3.05) is 0 Å². The van der Waals surface area contributed by atoms with Gasteiger partial charge in [-0.1, -0.05) is 96.8 Å². The molecule has 0 unspecified atom stereocenters. The average molecular weight is 400 g/mol. The van der Waals surface area contributed by atoms with Crippen molar-refractivity contribution in [1.82, 2.24) is 5.32 Å². The Balaban J connectivity index is 3.58. The first kappa shape index (κ1) is 26.7. The molecule has 0 radical (unpaired) electrons. The highest BCUT2D eigenvalue weighted by molar-refractivity contribution is 5.79.